The van der Waals surface area contributed by atoms with Crippen molar-refractivity contribution >= 4 is 28.2 Å². The van der Waals surface area contributed by atoms with Crippen LogP contribution in [0.25, 0.3) is 0 Å². The monoisotopic (exact) mass is 306 g/mol. The van der Waals surface area contributed by atoms with Gasteiger partial charge in [-0.3, -0.25) is 9.59 Å². The molecule has 0 heterocycles. The van der Waals surface area contributed by atoms with Gasteiger partial charge >= 0.3 is 17.9 Å². The van der Waals surface area contributed by atoms with Crippen molar-refractivity contribution in [3.63, 3.8) is 0 Å². The maximum absolute atomic E-state index is 11.6. The lowest BCUT2D eigenvalue weighted by Crippen LogP contribution is -2.66. The smallest absolute Gasteiger partial charge is 0.337 e. The lowest BCUT2D eigenvalue weighted by Gasteiger charge is -2.48. The van der Waals surface area contributed by atoms with E-state index in [1.807, 2.05) is 0 Å². The zero-order valence-electron chi connectivity index (χ0n) is 12.1. The molecule has 0 aliphatic heterocycles. The molecule has 4 N–H and O–H groups in total. The summed E-state index contributed by atoms with van der Waals surface area (Å²) >= 11 is 0. The van der Waals surface area contributed by atoms with Crippen LogP contribution < -0.4 is 0 Å². The molecule has 8 heteroatoms. The first-order valence-electron chi connectivity index (χ1n) is 6.44. The van der Waals surface area contributed by atoms with E-state index in [0.29, 0.717) is 0 Å². The molecule has 0 bridgehead atoms. The number of aliphatic hydroxyl groups is 1. The third-order valence-corrected chi connectivity index (χ3v) is 6.45. The van der Waals surface area contributed by atoms with Crippen LogP contribution in [0.4, 0.5) is 0 Å². The highest BCUT2D eigenvalue weighted by Gasteiger charge is 2.69. The number of carboxylic acid groups (broad SMARTS) is 3. The summed E-state index contributed by atoms with van der Waals surface area (Å²) in [6, 6.07) is 0. The van der Waals surface area contributed by atoms with E-state index < -0.39 is 34.0 Å². The quantitative estimate of drug-likeness (QED) is 0.453. The fourth-order valence-corrected chi connectivity index (χ4v) is 3.44. The van der Waals surface area contributed by atoms with Gasteiger partial charge in [-0.25, -0.2) is 4.79 Å². The Morgan fingerprint density at radius 2 is 1.25 bits per heavy atom. The molecule has 0 aliphatic carbocycles. The summed E-state index contributed by atoms with van der Waals surface area (Å²) in [7, 11) is -0.199. The molecule has 7 nitrogen and oxygen atoms in total. The third kappa shape index (κ3) is 2.12. The summed E-state index contributed by atoms with van der Waals surface area (Å²) in [5.74, 6) is -4.78. The molecule has 0 fully saturated rings. The molecule has 0 saturated heterocycles. The molecular formula is C12H22O7Si. The van der Waals surface area contributed by atoms with Crippen LogP contribution in [0, 0.1) is 5.41 Å². The average Bonchev–Trinajstić information content (AvgIpc) is 2.38. The van der Waals surface area contributed by atoms with Crippen LogP contribution in [0.15, 0.2) is 0 Å². The molecular weight excluding hydrogens is 284 g/mol. The number of carbonyl (C=O) groups is 3. The summed E-state index contributed by atoms with van der Waals surface area (Å²) < 4.78 is 0. The molecule has 0 aliphatic rings. The lowest BCUT2D eigenvalue weighted by atomic mass is 9.61. The van der Waals surface area contributed by atoms with Gasteiger partial charge in [0, 0.05) is 10.2 Å². The van der Waals surface area contributed by atoms with Gasteiger partial charge in [0.25, 0.3) is 0 Å². The zero-order valence-corrected chi connectivity index (χ0v) is 14.1. The highest BCUT2D eigenvalue weighted by atomic mass is 28.1. The number of hydrogen-bond donors (Lipinski definition) is 4. The highest BCUT2D eigenvalue weighted by molar-refractivity contribution is 6.30. The van der Waals surface area contributed by atoms with Crippen molar-refractivity contribution < 1.29 is 34.8 Å². The molecule has 0 aromatic rings. The lowest BCUT2D eigenvalue weighted by molar-refractivity contribution is -0.203. The van der Waals surface area contributed by atoms with Crippen LogP contribution in [0.3, 0.4) is 0 Å². The van der Waals surface area contributed by atoms with Crippen LogP contribution in [0.5, 0.6) is 0 Å². The first-order chi connectivity index (χ1) is 9.01. The molecule has 0 aromatic heterocycles. The molecule has 0 rings (SSSR count). The zero-order chi connectivity index (χ0) is 16.4. The van der Waals surface area contributed by atoms with Crippen molar-refractivity contribution in [1.82, 2.24) is 0 Å². The van der Waals surface area contributed by atoms with Gasteiger partial charge < -0.3 is 20.4 Å². The second kappa shape index (κ2) is 5.92. The molecule has 0 spiro atoms. The minimum atomic E-state index is -2.86. The van der Waals surface area contributed by atoms with Crippen LogP contribution in [-0.2, 0) is 14.4 Å². The number of carboxylic acids is 3. The molecule has 2 atom stereocenters. The summed E-state index contributed by atoms with van der Waals surface area (Å²) in [5.41, 5.74) is -4.91. The van der Waals surface area contributed by atoms with Gasteiger partial charge in [0.2, 0.25) is 0 Å². The fourth-order valence-electron chi connectivity index (χ4n) is 2.75. The van der Waals surface area contributed by atoms with Crippen molar-refractivity contribution in [2.75, 3.05) is 0 Å². The Labute approximate surface area is 120 Å². The minimum Gasteiger partial charge on any atom is -0.481 e. The maximum atomic E-state index is 11.6. The third-order valence-electron chi connectivity index (χ3n) is 4.60. The summed E-state index contributed by atoms with van der Waals surface area (Å²) in [6.07, 6.45) is -0.524. The molecule has 20 heavy (non-hydrogen) atoms. The van der Waals surface area contributed by atoms with E-state index in [9.17, 15) is 34.8 Å². The van der Waals surface area contributed by atoms with Crippen molar-refractivity contribution in [2.45, 2.75) is 50.7 Å². The van der Waals surface area contributed by atoms with Gasteiger partial charge in [0.1, 0.15) is 5.41 Å². The van der Waals surface area contributed by atoms with E-state index in [-0.39, 0.29) is 29.5 Å². The van der Waals surface area contributed by atoms with Crippen molar-refractivity contribution in [3.05, 3.63) is 0 Å². The van der Waals surface area contributed by atoms with Crippen molar-refractivity contribution in [2.24, 2.45) is 5.41 Å². The second-order valence-corrected chi connectivity index (χ2v) is 6.81. The molecule has 0 saturated carbocycles. The Morgan fingerprint density at radius 1 is 0.850 bits per heavy atom. The van der Waals surface area contributed by atoms with Crippen LogP contribution in [-0.4, -0.2) is 54.2 Å². The van der Waals surface area contributed by atoms with Crippen LogP contribution in [0.2, 0.25) is 5.04 Å². The van der Waals surface area contributed by atoms with E-state index >= 15 is 0 Å². The normalized spacial score (nSPS) is 18.0. The van der Waals surface area contributed by atoms with E-state index in [2.05, 4.69) is 0 Å². The molecule has 0 aromatic carbocycles. The first-order valence-corrected chi connectivity index (χ1v) is 7.44. The Kier molecular flexibility index (Phi) is 5.50. The summed E-state index contributed by atoms with van der Waals surface area (Å²) in [6.45, 7) is 4.31. The minimum absolute atomic E-state index is 0.160. The fraction of sp³-hybridized carbons (Fsp3) is 0.750. The Hall–Kier alpha value is -1.41. The molecule has 0 amide bonds. The predicted molar refractivity (Wildman–Crippen MR) is 73.8 cm³/mol. The maximum Gasteiger partial charge on any atom is 0.337 e. The number of aliphatic carboxylic acids is 3. The van der Waals surface area contributed by atoms with E-state index in [0.717, 1.165) is 0 Å². The van der Waals surface area contributed by atoms with Crippen molar-refractivity contribution in [1.29, 1.82) is 0 Å². The average molecular weight is 306 g/mol. The number of rotatable bonds is 8. The largest absolute Gasteiger partial charge is 0.481 e. The molecule has 2 unspecified atom stereocenters. The van der Waals surface area contributed by atoms with Gasteiger partial charge in [-0.2, -0.15) is 0 Å². The Balaban J connectivity index is 6.56. The van der Waals surface area contributed by atoms with E-state index in [1.165, 1.54) is 20.8 Å². The van der Waals surface area contributed by atoms with Crippen molar-refractivity contribution in [3.8, 4) is 0 Å². The standard InChI is InChI=1S/C12H22O7Si/c1-4-10(5-2,7(13)14)12(19,9(17)18)11(20,6-3)8(15)16/h19H,4-6H2,1-3,20H3,(H,13,14)(H,15,16)(H,17,18). The van der Waals surface area contributed by atoms with Gasteiger partial charge in [-0.15, -0.1) is 0 Å². The second-order valence-electron chi connectivity index (χ2n) is 5.10. The van der Waals surface area contributed by atoms with Crippen LogP contribution >= 0.6 is 0 Å². The summed E-state index contributed by atoms with van der Waals surface area (Å²) in [4.78, 5) is 34.8. The first kappa shape index (κ1) is 18.6. The van der Waals surface area contributed by atoms with Gasteiger partial charge in [0.05, 0.1) is 5.04 Å². The topological polar surface area (TPSA) is 132 Å². The van der Waals surface area contributed by atoms with E-state index in [4.69, 9.17) is 0 Å². The van der Waals surface area contributed by atoms with Gasteiger partial charge in [0.15, 0.2) is 5.60 Å². The molecule has 0 radical (unpaired) electrons. The molecule has 116 valence electrons. The Bertz CT molecular complexity index is 418. The van der Waals surface area contributed by atoms with Gasteiger partial charge in [-0.05, 0) is 19.3 Å². The highest BCUT2D eigenvalue weighted by Crippen LogP contribution is 2.53. The predicted octanol–water partition coefficient (Wildman–Crippen LogP) is -0.288. The Morgan fingerprint density at radius 3 is 1.40 bits per heavy atom. The summed E-state index contributed by atoms with van der Waals surface area (Å²) in [5, 5.41) is 37.0. The van der Waals surface area contributed by atoms with Gasteiger partial charge in [-0.1, -0.05) is 20.8 Å². The van der Waals surface area contributed by atoms with Crippen LogP contribution in [0.1, 0.15) is 40.0 Å². The number of hydrogen-bond acceptors (Lipinski definition) is 4. The SMILES string of the molecule is CCC([SiH3])(C(=O)O)C(O)(C(=O)O)C(CC)(CC)C(=O)O. The van der Waals surface area contributed by atoms with E-state index in [1.54, 1.807) is 0 Å².